The SMILES string of the molecule is Cc1cc(-c2ccccc2)cc(-c2c3ccc([Si](C(C)C)(C(C)C)C(C)C)cc3cc[n+]2C)c1C. The molecule has 0 aliphatic heterocycles. The van der Waals surface area contributed by atoms with Crippen LogP contribution in [0.25, 0.3) is 33.2 Å². The average molecular weight is 481 g/mol. The summed E-state index contributed by atoms with van der Waals surface area (Å²) >= 11 is 0. The van der Waals surface area contributed by atoms with Gasteiger partial charge in [0.2, 0.25) is 5.69 Å². The summed E-state index contributed by atoms with van der Waals surface area (Å²) in [6, 6.07) is 25.2. The van der Waals surface area contributed by atoms with Gasteiger partial charge in [-0.05, 0) is 70.2 Å². The highest BCUT2D eigenvalue weighted by molar-refractivity contribution is 6.95. The van der Waals surface area contributed by atoms with Crippen molar-refractivity contribution in [1.82, 2.24) is 0 Å². The number of rotatable bonds is 6. The molecule has 0 atom stereocenters. The lowest BCUT2D eigenvalue weighted by molar-refractivity contribution is -0.659. The molecule has 0 fully saturated rings. The normalized spacial score (nSPS) is 12.3. The van der Waals surface area contributed by atoms with Gasteiger partial charge >= 0.3 is 0 Å². The van der Waals surface area contributed by atoms with E-state index in [0.717, 1.165) is 0 Å². The highest BCUT2D eigenvalue weighted by atomic mass is 28.3. The number of hydrogen-bond acceptors (Lipinski definition) is 0. The fraction of sp³-hybridized carbons (Fsp3) is 0.364. The first-order valence-corrected chi connectivity index (χ1v) is 15.4. The molecule has 0 bridgehead atoms. The van der Waals surface area contributed by atoms with Crippen LogP contribution in [-0.4, -0.2) is 8.07 Å². The van der Waals surface area contributed by atoms with Crippen molar-refractivity contribution >= 4 is 24.0 Å². The fourth-order valence-electron chi connectivity index (χ4n) is 6.88. The van der Waals surface area contributed by atoms with Gasteiger partial charge < -0.3 is 0 Å². The van der Waals surface area contributed by atoms with Crippen molar-refractivity contribution in [3.8, 4) is 22.4 Å². The van der Waals surface area contributed by atoms with Crippen LogP contribution >= 0.6 is 0 Å². The monoisotopic (exact) mass is 480 g/mol. The minimum absolute atomic E-state index is 0.701. The summed E-state index contributed by atoms with van der Waals surface area (Å²) in [6.45, 7) is 19.2. The molecule has 4 aromatic rings. The highest BCUT2D eigenvalue weighted by Crippen LogP contribution is 2.42. The van der Waals surface area contributed by atoms with E-state index < -0.39 is 8.07 Å². The third-order valence-electron chi connectivity index (χ3n) is 8.53. The molecule has 0 saturated carbocycles. The molecular formula is C33H42NSi+. The molecular weight excluding hydrogens is 438 g/mol. The zero-order valence-corrected chi connectivity index (χ0v) is 24.1. The van der Waals surface area contributed by atoms with Crippen LogP contribution in [-0.2, 0) is 7.05 Å². The first kappa shape index (κ1) is 25.4. The smallest absolute Gasteiger partial charge is 0.200 e. The second-order valence-electron chi connectivity index (χ2n) is 11.3. The van der Waals surface area contributed by atoms with Crippen molar-refractivity contribution in [3.05, 3.63) is 84.1 Å². The van der Waals surface area contributed by atoms with E-state index in [4.69, 9.17) is 0 Å². The van der Waals surface area contributed by atoms with Gasteiger partial charge in [-0.2, -0.15) is 0 Å². The molecule has 0 saturated heterocycles. The number of aryl methyl sites for hydroxylation is 2. The summed E-state index contributed by atoms with van der Waals surface area (Å²) in [7, 11) is 0.472. The molecule has 1 aromatic heterocycles. The lowest BCUT2D eigenvalue weighted by atomic mass is 9.92. The predicted molar refractivity (Wildman–Crippen MR) is 156 cm³/mol. The molecule has 3 aromatic carbocycles. The standard InChI is InChI=1S/C33H42NSi/c1-22(2)35(23(3)4,24(5)6)30-15-16-31-28(20-30)17-18-34(9)33(31)32-21-29(19-25(7)26(32)8)27-13-11-10-12-14-27/h10-24H,1-9H3/q+1. The summed E-state index contributed by atoms with van der Waals surface area (Å²) in [5.41, 5.74) is 9.97. The van der Waals surface area contributed by atoms with E-state index in [1.54, 1.807) is 5.19 Å². The summed E-state index contributed by atoms with van der Waals surface area (Å²) in [5, 5.41) is 4.30. The minimum atomic E-state index is -1.71. The van der Waals surface area contributed by atoms with Crippen LogP contribution in [0, 0.1) is 13.8 Å². The fourth-order valence-corrected chi connectivity index (χ4v) is 13.7. The van der Waals surface area contributed by atoms with Gasteiger partial charge in [0.1, 0.15) is 7.05 Å². The van der Waals surface area contributed by atoms with Gasteiger partial charge in [0.25, 0.3) is 0 Å². The Hall–Kier alpha value is -2.71. The van der Waals surface area contributed by atoms with Crippen molar-refractivity contribution in [2.45, 2.75) is 72.0 Å². The minimum Gasteiger partial charge on any atom is -0.200 e. The topological polar surface area (TPSA) is 3.88 Å². The van der Waals surface area contributed by atoms with Crippen LogP contribution < -0.4 is 9.75 Å². The molecule has 0 spiro atoms. The highest BCUT2D eigenvalue weighted by Gasteiger charge is 2.44. The largest absolute Gasteiger partial charge is 0.220 e. The quantitative estimate of drug-likeness (QED) is 0.192. The van der Waals surface area contributed by atoms with Crippen LogP contribution in [0.1, 0.15) is 52.7 Å². The van der Waals surface area contributed by atoms with Crippen molar-refractivity contribution < 1.29 is 4.57 Å². The van der Waals surface area contributed by atoms with Gasteiger partial charge in [0.05, 0.1) is 19.0 Å². The Bertz CT molecular complexity index is 1330. The van der Waals surface area contributed by atoms with Gasteiger partial charge in [0.15, 0.2) is 6.20 Å². The molecule has 0 N–H and O–H groups in total. The van der Waals surface area contributed by atoms with Crippen LogP contribution in [0.3, 0.4) is 0 Å². The number of fused-ring (bicyclic) bond motifs is 1. The second-order valence-corrected chi connectivity index (χ2v) is 17.2. The molecule has 0 amide bonds. The number of benzene rings is 3. The molecule has 0 radical (unpaired) electrons. The Balaban J connectivity index is 1.98. The molecule has 1 nitrogen and oxygen atoms in total. The first-order valence-electron chi connectivity index (χ1n) is 13.2. The van der Waals surface area contributed by atoms with E-state index in [9.17, 15) is 0 Å². The van der Waals surface area contributed by atoms with Crippen LogP contribution in [0.2, 0.25) is 16.6 Å². The summed E-state index contributed by atoms with van der Waals surface area (Å²) in [5.74, 6) is 0. The van der Waals surface area contributed by atoms with Crippen LogP contribution in [0.5, 0.6) is 0 Å². The summed E-state index contributed by atoms with van der Waals surface area (Å²) in [4.78, 5) is 0. The Morgan fingerprint density at radius 1 is 0.686 bits per heavy atom. The maximum Gasteiger partial charge on any atom is 0.220 e. The van der Waals surface area contributed by atoms with Gasteiger partial charge in [0, 0.05) is 6.07 Å². The predicted octanol–water partition coefficient (Wildman–Crippen LogP) is 8.50. The Morgan fingerprint density at radius 2 is 1.31 bits per heavy atom. The number of aromatic nitrogens is 1. The van der Waals surface area contributed by atoms with Crippen molar-refractivity contribution in [3.63, 3.8) is 0 Å². The van der Waals surface area contributed by atoms with Crippen molar-refractivity contribution in [2.24, 2.45) is 7.05 Å². The number of hydrogen-bond donors (Lipinski definition) is 0. The molecule has 1 heterocycles. The molecule has 4 rings (SSSR count). The van der Waals surface area contributed by atoms with E-state index in [-0.39, 0.29) is 0 Å². The average Bonchev–Trinajstić information content (AvgIpc) is 2.81. The first-order chi connectivity index (χ1) is 16.6. The van der Waals surface area contributed by atoms with E-state index in [1.807, 2.05) is 0 Å². The summed E-state index contributed by atoms with van der Waals surface area (Å²) < 4.78 is 2.30. The maximum absolute atomic E-state index is 2.54. The van der Waals surface area contributed by atoms with Crippen LogP contribution in [0.15, 0.2) is 72.9 Å². The van der Waals surface area contributed by atoms with Gasteiger partial charge in [-0.1, -0.05) is 95.3 Å². The Kier molecular flexibility index (Phi) is 7.06. The third kappa shape index (κ3) is 4.27. The lowest BCUT2D eigenvalue weighted by Gasteiger charge is -2.43. The van der Waals surface area contributed by atoms with E-state index in [2.05, 4.69) is 140 Å². The van der Waals surface area contributed by atoms with Gasteiger partial charge in [-0.25, -0.2) is 4.57 Å². The molecule has 35 heavy (non-hydrogen) atoms. The van der Waals surface area contributed by atoms with Gasteiger partial charge in [-0.15, -0.1) is 0 Å². The van der Waals surface area contributed by atoms with Crippen molar-refractivity contribution in [1.29, 1.82) is 0 Å². The van der Waals surface area contributed by atoms with E-state index in [1.165, 1.54) is 44.3 Å². The maximum atomic E-state index is 2.54. The Morgan fingerprint density at radius 3 is 1.91 bits per heavy atom. The van der Waals surface area contributed by atoms with E-state index in [0.29, 0.717) is 16.6 Å². The molecule has 0 aliphatic rings. The third-order valence-corrected chi connectivity index (χ3v) is 15.6. The summed E-state index contributed by atoms with van der Waals surface area (Å²) in [6.07, 6.45) is 2.24. The molecule has 0 unspecified atom stereocenters. The van der Waals surface area contributed by atoms with Crippen LogP contribution in [0.4, 0.5) is 0 Å². The number of pyridine rings is 1. The molecule has 2 heteroatoms. The lowest BCUT2D eigenvalue weighted by Crippen LogP contribution is -2.55. The van der Waals surface area contributed by atoms with Crippen molar-refractivity contribution in [2.75, 3.05) is 0 Å². The van der Waals surface area contributed by atoms with E-state index >= 15 is 0 Å². The Labute approximate surface area is 213 Å². The molecule has 0 aliphatic carbocycles. The zero-order chi connectivity index (χ0) is 25.5. The number of nitrogens with zero attached hydrogens (tertiary/aromatic N) is 1. The zero-order valence-electron chi connectivity index (χ0n) is 23.1. The molecule has 182 valence electrons. The second kappa shape index (κ2) is 9.74. The van der Waals surface area contributed by atoms with Gasteiger partial charge in [-0.3, -0.25) is 0 Å².